The second-order valence-electron chi connectivity index (χ2n) is 22.0. The van der Waals surface area contributed by atoms with E-state index in [1.165, 1.54) is 18.4 Å². The van der Waals surface area contributed by atoms with Crippen molar-refractivity contribution in [1.82, 2.24) is 0 Å². The predicted molar refractivity (Wildman–Crippen MR) is 384 cm³/mol. The van der Waals surface area contributed by atoms with Gasteiger partial charge in [0.25, 0.3) is 17.6 Å². The topological polar surface area (TPSA) is 152 Å². The quantitative estimate of drug-likeness (QED) is 0.0386. The van der Waals surface area contributed by atoms with Crippen LogP contribution in [0.2, 0.25) is 0 Å². The van der Waals surface area contributed by atoms with Gasteiger partial charge in [-0.1, -0.05) is 210 Å². The molecule has 488 valence electrons. The molecule has 4 aliphatic rings. The van der Waals surface area contributed by atoms with Crippen molar-refractivity contribution in [3.63, 3.8) is 0 Å². The number of benzene rings is 8. The van der Waals surface area contributed by atoms with E-state index in [0.717, 1.165) is 46.9 Å². The number of carbonyl (C=O) groups excluding carboxylic acids is 4. The number of hydrogen-bond acceptors (Lipinski definition) is 8. The fourth-order valence-corrected chi connectivity index (χ4v) is 9.52. The normalized spacial score (nSPS) is 15.2. The fourth-order valence-electron chi connectivity index (χ4n) is 9.52. The van der Waals surface area contributed by atoms with Crippen LogP contribution in [0.25, 0.3) is 0 Å². The van der Waals surface area contributed by atoms with Crippen molar-refractivity contribution < 1.29 is 55.5 Å². The monoisotopic (exact) mass is 1370 g/mol. The van der Waals surface area contributed by atoms with Gasteiger partial charge >= 0.3 is 23.1 Å². The number of halogens is 3. The number of ketones is 1. The van der Waals surface area contributed by atoms with E-state index in [1.54, 1.807) is 48.5 Å². The molecule has 8 aromatic carbocycles. The summed E-state index contributed by atoms with van der Waals surface area (Å²) in [5.74, 6) is 6.07. The van der Waals surface area contributed by atoms with Crippen LogP contribution in [0.5, 0.6) is 11.5 Å². The number of Topliss-reactive ketones (excluding diaryl/α,β-unsaturated/α-hetero) is 1. The number of ether oxygens (including phenoxy) is 3. The maximum Gasteiger partial charge on any atom is 2.00 e. The Labute approximate surface area is 591 Å². The van der Waals surface area contributed by atoms with Gasteiger partial charge in [-0.05, 0) is 94.5 Å². The molecule has 4 heterocycles. The van der Waals surface area contributed by atoms with Crippen molar-refractivity contribution in [1.29, 1.82) is 0 Å². The standard InChI is InChI=1S/C27H25NO2.C14H11NO2.C13H16O.C8H5NO2.C6H5.C4H8O.C2H4Cl2.4CH4.BrH.Mg/c1-5-17-30-24-16-15-20(26(2,3)4)18-22(24)27(19-11-7-6-8-12-19)21-13-9-10-14-23(21)28-25(27)29;16-13-14(17,10-6-2-1-3-7-10)11-8-4-5-9-12(11)15-13;1-5-10-14-12-8-6-11(7-9-12)13(2,3)4;10-7-5-3-1-2-4-6(5)9-8(7)11;1-2-4-6-5-3-1;1-2-4-5-3-1;3-1-2-4;;;;;;/h1,6-16,18H,17H2,2-4H3,(H,28,29);1-9,17H,(H,15,16);1,6-9H,10H2,2-4H3;1-4H,(H,9,10,11);1-5H;1-4H2;1-2H2;4*1H4;1H;/q;;;;-1;;;;;;;;+2/p-1. The van der Waals surface area contributed by atoms with E-state index in [1.807, 2.05) is 140 Å². The first-order valence-corrected chi connectivity index (χ1v) is 29.5. The van der Waals surface area contributed by atoms with Crippen LogP contribution in [0.4, 0.5) is 17.1 Å². The van der Waals surface area contributed by atoms with Gasteiger partial charge in [-0.3, -0.25) is 19.2 Å². The first-order chi connectivity index (χ1) is 41.9. The van der Waals surface area contributed by atoms with Crippen LogP contribution < -0.4 is 42.4 Å². The molecule has 15 heteroatoms. The summed E-state index contributed by atoms with van der Waals surface area (Å²) in [5, 5.41) is 18.9. The predicted octanol–water partition coefficient (Wildman–Crippen LogP) is 13.9. The van der Waals surface area contributed by atoms with E-state index < -0.39 is 28.6 Å². The summed E-state index contributed by atoms with van der Waals surface area (Å²) in [6.45, 7) is 15.5. The second-order valence-corrected chi connectivity index (χ2v) is 22.8. The van der Waals surface area contributed by atoms with Crippen molar-refractivity contribution in [3.8, 4) is 36.2 Å². The van der Waals surface area contributed by atoms with Crippen molar-refractivity contribution in [2.45, 2.75) is 106 Å². The number of hydrogen-bond donors (Lipinski definition) is 4. The van der Waals surface area contributed by atoms with E-state index in [2.05, 4.69) is 93.6 Å². The van der Waals surface area contributed by atoms with Gasteiger partial charge in [0.15, 0.2) is 5.60 Å². The first kappa shape index (κ1) is 85.3. The Morgan fingerprint density at radius 2 is 0.989 bits per heavy atom. The molecule has 0 bridgehead atoms. The molecular formula is C78H90BrCl2MgN3O8. The summed E-state index contributed by atoms with van der Waals surface area (Å²) in [5.41, 5.74) is 6.29. The maximum absolute atomic E-state index is 13.7. The van der Waals surface area contributed by atoms with Crippen LogP contribution >= 0.6 is 23.2 Å². The molecule has 11 nitrogen and oxygen atoms in total. The molecular weight excluding hydrogens is 1280 g/mol. The van der Waals surface area contributed by atoms with E-state index in [0.29, 0.717) is 52.2 Å². The second kappa shape index (κ2) is 41.8. The molecule has 2 atom stereocenters. The van der Waals surface area contributed by atoms with Crippen LogP contribution in [0.3, 0.4) is 0 Å². The molecule has 3 amide bonds. The van der Waals surface area contributed by atoms with Gasteiger partial charge in [-0.25, -0.2) is 0 Å². The number of anilines is 3. The molecule has 0 aromatic heterocycles. The molecule has 2 unspecified atom stereocenters. The molecule has 8 aromatic rings. The zero-order chi connectivity index (χ0) is 62.9. The van der Waals surface area contributed by atoms with Crippen molar-refractivity contribution in [2.75, 3.05) is 54.1 Å². The third-order valence-electron chi connectivity index (χ3n) is 13.9. The molecule has 0 radical (unpaired) electrons. The zero-order valence-corrected chi connectivity index (χ0v) is 55.6. The number of aliphatic hydroxyl groups is 1. The van der Waals surface area contributed by atoms with Gasteiger partial charge in [-0.2, -0.15) is 36.4 Å². The van der Waals surface area contributed by atoms with E-state index >= 15 is 0 Å². The molecule has 1 fully saturated rings. The van der Waals surface area contributed by atoms with Gasteiger partial charge < -0.3 is 52.2 Å². The molecule has 0 saturated carbocycles. The Morgan fingerprint density at radius 1 is 0.538 bits per heavy atom. The minimum Gasteiger partial charge on any atom is -1.00 e. The summed E-state index contributed by atoms with van der Waals surface area (Å²) in [7, 11) is 0. The summed E-state index contributed by atoms with van der Waals surface area (Å²) >= 11 is 10.1. The first-order valence-electron chi connectivity index (χ1n) is 28.4. The van der Waals surface area contributed by atoms with E-state index in [-0.39, 0.29) is 93.1 Å². The average molecular weight is 1370 g/mol. The minimum absolute atomic E-state index is 0. The van der Waals surface area contributed by atoms with Crippen molar-refractivity contribution >= 4 is 86.8 Å². The van der Waals surface area contributed by atoms with Gasteiger partial charge in [0.1, 0.15) is 30.1 Å². The fraction of sp³-hybridized carbons (Fsp3) is 0.282. The van der Waals surface area contributed by atoms with Crippen LogP contribution in [0.15, 0.2) is 206 Å². The van der Waals surface area contributed by atoms with E-state index in [4.69, 9.17) is 50.3 Å². The SMILES string of the molecule is C.C.C.C.C#CCOc1ccc(C(C)(C)C)cc1.C#CCOc1ccc(C(C)(C)C)cc1C1(c2ccccc2)C(=O)Nc2ccccc21.C1CCOC1.ClCCCl.O=C1Nc2ccccc2C1(O)c1ccccc1.O=C1Nc2ccccc2C1=O.[Br-].[Mg+2].[c-]1ccccc1. The van der Waals surface area contributed by atoms with Gasteiger partial charge in [0.05, 0.1) is 11.3 Å². The third kappa shape index (κ3) is 22.8. The molecule has 1 saturated heterocycles. The van der Waals surface area contributed by atoms with Crippen LogP contribution in [0.1, 0.15) is 133 Å². The van der Waals surface area contributed by atoms with Crippen LogP contribution in [-0.4, -0.2) is 89.9 Å². The molecule has 4 aliphatic heterocycles. The van der Waals surface area contributed by atoms with Crippen LogP contribution in [0, 0.1) is 30.8 Å². The maximum atomic E-state index is 13.7. The van der Waals surface area contributed by atoms with Gasteiger partial charge in [-0.15, -0.1) is 36.0 Å². The molecule has 4 N–H and O–H groups in total. The number of para-hydroxylation sites is 3. The number of amides is 3. The summed E-state index contributed by atoms with van der Waals surface area (Å²) in [4.78, 5) is 47.5. The van der Waals surface area contributed by atoms with Gasteiger partial charge in [0, 0.05) is 53.0 Å². The average Bonchev–Trinajstić information content (AvgIpc) is 1.64. The third-order valence-corrected chi connectivity index (χ3v) is 14.5. The summed E-state index contributed by atoms with van der Waals surface area (Å²) < 4.78 is 16.2. The zero-order valence-electron chi connectivity index (χ0n) is 51.1. The van der Waals surface area contributed by atoms with Crippen LogP contribution in [-0.2, 0) is 41.0 Å². The largest absolute Gasteiger partial charge is 2.00 e. The molecule has 12 rings (SSSR count). The van der Waals surface area contributed by atoms with Gasteiger partial charge in [0.2, 0.25) is 5.91 Å². The number of fused-ring (bicyclic) bond motifs is 3. The molecule has 0 spiro atoms. The number of rotatable bonds is 8. The molecule has 0 aliphatic carbocycles. The number of nitrogens with one attached hydrogen (secondary N) is 3. The Kier molecular flexibility index (Phi) is 38.3. The smallest absolute Gasteiger partial charge is 1.00 e. The van der Waals surface area contributed by atoms with Crippen molar-refractivity contribution in [2.24, 2.45) is 0 Å². The Morgan fingerprint density at radius 3 is 1.46 bits per heavy atom. The Bertz CT molecular complexity index is 3590. The number of carbonyl (C=O) groups is 4. The van der Waals surface area contributed by atoms with E-state index in [9.17, 15) is 24.3 Å². The number of terminal acetylenes is 2. The summed E-state index contributed by atoms with van der Waals surface area (Å²) in [6, 6.07) is 67.4. The Hall–Kier alpha value is -7.69. The Balaban J connectivity index is 0.00000116. The molecule has 93 heavy (non-hydrogen) atoms. The summed E-state index contributed by atoms with van der Waals surface area (Å²) in [6.07, 6.45) is 13.1. The van der Waals surface area contributed by atoms with Crippen molar-refractivity contribution in [3.05, 3.63) is 257 Å². The number of alkyl halides is 2. The minimum atomic E-state index is -1.57.